The first kappa shape index (κ1) is 15.1. The van der Waals surface area contributed by atoms with Gasteiger partial charge in [-0.3, -0.25) is 4.79 Å². The lowest BCUT2D eigenvalue weighted by Gasteiger charge is -2.11. The number of aryl methyl sites for hydroxylation is 2. The van der Waals surface area contributed by atoms with Gasteiger partial charge in [-0.2, -0.15) is 5.10 Å². The van der Waals surface area contributed by atoms with Crippen LogP contribution in [0.1, 0.15) is 35.2 Å². The smallest absolute Gasteiger partial charge is 0.287 e. The summed E-state index contributed by atoms with van der Waals surface area (Å²) in [4.78, 5) is 14.6. The van der Waals surface area contributed by atoms with Crippen molar-refractivity contribution >= 4 is 28.6 Å². The highest BCUT2D eigenvalue weighted by atomic mass is 35.5. The van der Waals surface area contributed by atoms with Crippen LogP contribution in [0.25, 0.3) is 0 Å². The number of anilines is 1. The Kier molecular flexibility index (Phi) is 4.50. The number of halogens is 1. The van der Waals surface area contributed by atoms with E-state index in [0.29, 0.717) is 12.2 Å². The highest BCUT2D eigenvalue weighted by molar-refractivity contribution is 7.12. The number of nitrogens with zero attached hydrogens (tertiary/aromatic N) is 2. The van der Waals surface area contributed by atoms with Gasteiger partial charge in [0.15, 0.2) is 0 Å². The second-order valence-electron chi connectivity index (χ2n) is 5.02. The van der Waals surface area contributed by atoms with E-state index < -0.39 is 0 Å². The Hall–Kier alpha value is -1.33. The van der Waals surface area contributed by atoms with Gasteiger partial charge in [-0.1, -0.05) is 11.6 Å². The summed E-state index contributed by atoms with van der Waals surface area (Å²) in [5.74, 6) is 0. The third-order valence-corrected chi connectivity index (χ3v) is 4.62. The van der Waals surface area contributed by atoms with E-state index in [2.05, 4.69) is 30.3 Å². The van der Waals surface area contributed by atoms with Gasteiger partial charge in [0.25, 0.3) is 5.56 Å². The molecule has 0 aliphatic carbocycles. The van der Waals surface area contributed by atoms with Gasteiger partial charge in [0, 0.05) is 16.3 Å². The number of hydrogen-bond donors (Lipinski definition) is 1. The van der Waals surface area contributed by atoms with Crippen LogP contribution >= 0.6 is 22.9 Å². The second-order valence-corrected chi connectivity index (χ2v) is 6.74. The van der Waals surface area contributed by atoms with E-state index in [4.69, 9.17) is 11.6 Å². The van der Waals surface area contributed by atoms with Crippen molar-refractivity contribution in [3.63, 3.8) is 0 Å². The molecule has 2 rings (SSSR count). The SMILES string of the molecule is Cc1cc(CNc2cnn(C(C)C)c(=O)c2Cl)sc1C. The summed E-state index contributed by atoms with van der Waals surface area (Å²) in [6, 6.07) is 2.14. The molecule has 0 aromatic carbocycles. The van der Waals surface area contributed by atoms with E-state index in [1.807, 2.05) is 13.8 Å². The lowest BCUT2D eigenvalue weighted by Crippen LogP contribution is -2.25. The van der Waals surface area contributed by atoms with Gasteiger partial charge in [-0.25, -0.2) is 4.68 Å². The Labute approximate surface area is 127 Å². The van der Waals surface area contributed by atoms with Crippen LogP contribution in [0.2, 0.25) is 5.02 Å². The van der Waals surface area contributed by atoms with Gasteiger partial charge >= 0.3 is 0 Å². The molecule has 0 aliphatic rings. The fourth-order valence-electron chi connectivity index (χ4n) is 1.86. The Morgan fingerprint density at radius 1 is 1.45 bits per heavy atom. The van der Waals surface area contributed by atoms with Crippen LogP contribution < -0.4 is 10.9 Å². The largest absolute Gasteiger partial charge is 0.377 e. The molecule has 0 radical (unpaired) electrons. The summed E-state index contributed by atoms with van der Waals surface area (Å²) < 4.78 is 1.38. The lowest BCUT2D eigenvalue weighted by molar-refractivity contribution is 0.503. The Balaban J connectivity index is 2.18. The maximum atomic E-state index is 12.0. The minimum Gasteiger partial charge on any atom is -0.377 e. The van der Waals surface area contributed by atoms with E-state index in [0.717, 1.165) is 0 Å². The minimum absolute atomic E-state index is 0.00311. The topological polar surface area (TPSA) is 46.9 Å². The molecule has 6 heteroatoms. The maximum absolute atomic E-state index is 12.0. The highest BCUT2D eigenvalue weighted by Gasteiger charge is 2.11. The number of aromatic nitrogens is 2. The average molecular weight is 312 g/mol. The van der Waals surface area contributed by atoms with Gasteiger partial charge in [-0.05, 0) is 39.3 Å². The van der Waals surface area contributed by atoms with Gasteiger partial charge < -0.3 is 5.32 Å². The van der Waals surface area contributed by atoms with Crippen molar-refractivity contribution in [2.75, 3.05) is 5.32 Å². The molecule has 0 saturated heterocycles. The van der Waals surface area contributed by atoms with E-state index in [1.165, 1.54) is 20.0 Å². The quantitative estimate of drug-likeness (QED) is 0.935. The fraction of sp³-hybridized carbons (Fsp3) is 0.429. The molecule has 0 aliphatic heterocycles. The van der Waals surface area contributed by atoms with Gasteiger partial charge in [-0.15, -0.1) is 11.3 Å². The Morgan fingerprint density at radius 3 is 2.70 bits per heavy atom. The van der Waals surface area contributed by atoms with Crippen molar-refractivity contribution < 1.29 is 0 Å². The number of thiophene rings is 1. The van der Waals surface area contributed by atoms with Crippen molar-refractivity contribution in [1.29, 1.82) is 0 Å². The molecule has 0 spiro atoms. The summed E-state index contributed by atoms with van der Waals surface area (Å²) in [6.07, 6.45) is 1.61. The standard InChI is InChI=1S/C14H18ClN3OS/c1-8(2)18-14(19)13(15)12(7-17-18)16-6-11-5-9(3)10(4)20-11/h5,7-8,16H,6H2,1-4H3. The summed E-state index contributed by atoms with van der Waals surface area (Å²) in [5.41, 5.74) is 1.61. The third kappa shape index (κ3) is 3.04. The Bertz CT molecular complexity index is 656. The van der Waals surface area contributed by atoms with Crippen LogP contribution in [-0.2, 0) is 6.54 Å². The first-order valence-corrected chi connectivity index (χ1v) is 7.66. The molecule has 0 unspecified atom stereocenters. The highest BCUT2D eigenvalue weighted by Crippen LogP contribution is 2.23. The van der Waals surface area contributed by atoms with Crippen LogP contribution in [0.15, 0.2) is 17.1 Å². The molecule has 0 saturated carbocycles. The predicted octanol–water partition coefficient (Wildman–Crippen LogP) is 3.77. The monoisotopic (exact) mass is 311 g/mol. The fourth-order valence-corrected chi connectivity index (χ4v) is 3.05. The number of rotatable bonds is 4. The van der Waals surface area contributed by atoms with E-state index >= 15 is 0 Å². The van der Waals surface area contributed by atoms with Crippen molar-refractivity contribution in [2.24, 2.45) is 0 Å². The number of nitrogens with one attached hydrogen (secondary N) is 1. The molecule has 1 N–H and O–H groups in total. The molecule has 108 valence electrons. The van der Waals surface area contributed by atoms with E-state index in [-0.39, 0.29) is 16.6 Å². The summed E-state index contributed by atoms with van der Waals surface area (Å²) in [6.45, 7) is 8.63. The van der Waals surface area contributed by atoms with Crippen molar-refractivity contribution in [3.8, 4) is 0 Å². The first-order chi connectivity index (χ1) is 9.40. The molecule has 2 heterocycles. The van der Waals surface area contributed by atoms with Gasteiger partial charge in [0.2, 0.25) is 0 Å². The minimum atomic E-state index is -0.259. The first-order valence-electron chi connectivity index (χ1n) is 6.47. The van der Waals surface area contributed by atoms with Crippen molar-refractivity contribution in [3.05, 3.63) is 43.0 Å². The normalized spacial score (nSPS) is 11.1. The van der Waals surface area contributed by atoms with Crippen LogP contribution in [0.4, 0.5) is 5.69 Å². The van der Waals surface area contributed by atoms with E-state index in [1.54, 1.807) is 17.5 Å². The zero-order chi connectivity index (χ0) is 14.9. The summed E-state index contributed by atoms with van der Waals surface area (Å²) >= 11 is 7.86. The molecular weight excluding hydrogens is 294 g/mol. The van der Waals surface area contributed by atoms with Crippen LogP contribution in [-0.4, -0.2) is 9.78 Å². The molecule has 0 amide bonds. The molecule has 0 fully saturated rings. The zero-order valence-electron chi connectivity index (χ0n) is 12.0. The van der Waals surface area contributed by atoms with Gasteiger partial charge in [0.1, 0.15) is 5.02 Å². The van der Waals surface area contributed by atoms with E-state index in [9.17, 15) is 4.79 Å². The molecule has 2 aromatic rings. The average Bonchev–Trinajstić information content (AvgIpc) is 2.70. The van der Waals surface area contributed by atoms with Crippen molar-refractivity contribution in [1.82, 2.24) is 9.78 Å². The predicted molar refractivity (Wildman–Crippen MR) is 85.0 cm³/mol. The molecular formula is C14H18ClN3OS. The molecule has 0 atom stereocenters. The molecule has 4 nitrogen and oxygen atoms in total. The molecule has 2 aromatic heterocycles. The number of hydrogen-bond acceptors (Lipinski definition) is 4. The Morgan fingerprint density at radius 2 is 2.15 bits per heavy atom. The third-order valence-electron chi connectivity index (χ3n) is 3.10. The maximum Gasteiger partial charge on any atom is 0.287 e. The molecule has 0 bridgehead atoms. The van der Waals surface area contributed by atoms with Crippen molar-refractivity contribution in [2.45, 2.75) is 40.3 Å². The van der Waals surface area contributed by atoms with Crippen LogP contribution in [0, 0.1) is 13.8 Å². The lowest BCUT2D eigenvalue weighted by atomic mass is 10.3. The summed E-state index contributed by atoms with van der Waals surface area (Å²) in [5, 5.41) is 7.51. The molecule has 20 heavy (non-hydrogen) atoms. The van der Waals surface area contributed by atoms with Crippen LogP contribution in [0.3, 0.4) is 0 Å². The van der Waals surface area contributed by atoms with Crippen LogP contribution in [0.5, 0.6) is 0 Å². The summed E-state index contributed by atoms with van der Waals surface area (Å²) in [7, 11) is 0. The second kappa shape index (κ2) is 5.97. The van der Waals surface area contributed by atoms with Gasteiger partial charge in [0.05, 0.1) is 17.9 Å². The zero-order valence-corrected chi connectivity index (χ0v) is 13.6.